The Bertz CT molecular complexity index is 3350. The van der Waals surface area contributed by atoms with Crippen LogP contribution in [-0.2, 0) is 0 Å². The molecule has 0 spiro atoms. The van der Waals surface area contributed by atoms with E-state index in [9.17, 15) is 0 Å². The van der Waals surface area contributed by atoms with Crippen LogP contribution >= 0.6 is 0 Å². The molecule has 1 nitrogen and oxygen atoms in total. The van der Waals surface area contributed by atoms with Gasteiger partial charge in [0, 0.05) is 16.3 Å². The second kappa shape index (κ2) is 12.5. The zero-order valence-corrected chi connectivity index (χ0v) is 31.0. The van der Waals surface area contributed by atoms with Crippen molar-refractivity contribution in [3.05, 3.63) is 206 Å². The van der Waals surface area contributed by atoms with Crippen molar-refractivity contribution in [1.29, 1.82) is 0 Å². The van der Waals surface area contributed by atoms with E-state index in [1.54, 1.807) is 0 Å². The lowest BCUT2D eigenvalue weighted by Crippen LogP contribution is -1.97. The molecule has 57 heavy (non-hydrogen) atoms. The van der Waals surface area contributed by atoms with E-state index in [1.807, 2.05) is 6.07 Å². The summed E-state index contributed by atoms with van der Waals surface area (Å²) in [5.74, 6) is 0. The van der Waals surface area contributed by atoms with E-state index in [-0.39, 0.29) is 0 Å². The number of fused-ring (bicyclic) bond motifs is 13. The van der Waals surface area contributed by atoms with E-state index in [2.05, 4.69) is 200 Å². The van der Waals surface area contributed by atoms with Crippen LogP contribution in [0.2, 0.25) is 0 Å². The van der Waals surface area contributed by atoms with E-state index >= 15 is 0 Å². The molecule has 0 fully saturated rings. The minimum atomic E-state index is 0.912. The molecule has 0 aliphatic heterocycles. The van der Waals surface area contributed by atoms with E-state index in [0.29, 0.717) is 0 Å². The zero-order chi connectivity index (χ0) is 37.5. The van der Waals surface area contributed by atoms with Crippen LogP contribution in [0, 0.1) is 0 Å². The van der Waals surface area contributed by atoms with Crippen molar-refractivity contribution in [3.8, 4) is 77.9 Å². The van der Waals surface area contributed by atoms with Gasteiger partial charge >= 0.3 is 0 Å². The molecular formula is C56H34O. The van der Waals surface area contributed by atoms with Gasteiger partial charge < -0.3 is 4.42 Å². The van der Waals surface area contributed by atoms with Gasteiger partial charge in [0.15, 0.2) is 0 Å². The maximum absolute atomic E-state index is 6.50. The molecule has 264 valence electrons. The fourth-order valence-corrected chi connectivity index (χ4v) is 9.58. The van der Waals surface area contributed by atoms with Gasteiger partial charge in [-0.1, -0.05) is 188 Å². The summed E-state index contributed by atoms with van der Waals surface area (Å²) in [4.78, 5) is 0. The molecule has 0 atom stereocenters. The quantitative estimate of drug-likeness (QED) is 0.166. The molecule has 1 aliphatic rings. The monoisotopic (exact) mass is 722 g/mol. The summed E-state index contributed by atoms with van der Waals surface area (Å²) in [6.07, 6.45) is 0. The lowest BCUT2D eigenvalue weighted by Gasteiger charge is -2.24. The Morgan fingerprint density at radius 2 is 0.614 bits per heavy atom. The van der Waals surface area contributed by atoms with Crippen LogP contribution in [0.3, 0.4) is 0 Å². The summed E-state index contributed by atoms with van der Waals surface area (Å²) in [6, 6.07) is 75.5. The number of benzene rings is 10. The first kappa shape index (κ1) is 31.8. The number of hydrogen-bond donors (Lipinski definition) is 0. The second-order valence-corrected chi connectivity index (χ2v) is 15.1. The normalized spacial score (nSPS) is 11.9. The minimum absolute atomic E-state index is 0.912. The molecule has 10 aromatic carbocycles. The molecule has 1 heteroatoms. The first-order chi connectivity index (χ1) is 28.3. The Balaban J connectivity index is 1.10. The van der Waals surface area contributed by atoms with Crippen molar-refractivity contribution in [1.82, 2.24) is 0 Å². The van der Waals surface area contributed by atoms with Crippen molar-refractivity contribution in [2.24, 2.45) is 0 Å². The van der Waals surface area contributed by atoms with Crippen molar-refractivity contribution >= 4 is 43.5 Å². The molecule has 1 aliphatic carbocycles. The van der Waals surface area contributed by atoms with Gasteiger partial charge in [-0.3, -0.25) is 0 Å². The summed E-state index contributed by atoms with van der Waals surface area (Å²) >= 11 is 0. The van der Waals surface area contributed by atoms with Gasteiger partial charge in [-0.15, -0.1) is 0 Å². The Kier molecular flexibility index (Phi) is 7.00. The Hall–Kier alpha value is -7.48. The summed E-state index contributed by atoms with van der Waals surface area (Å²) in [6.45, 7) is 0. The maximum atomic E-state index is 6.50. The lowest BCUT2D eigenvalue weighted by molar-refractivity contribution is 0.670. The number of hydrogen-bond acceptors (Lipinski definition) is 1. The van der Waals surface area contributed by atoms with Crippen LogP contribution in [0.4, 0.5) is 0 Å². The smallest absolute Gasteiger partial charge is 0.143 e. The van der Waals surface area contributed by atoms with Gasteiger partial charge in [-0.25, -0.2) is 0 Å². The Morgan fingerprint density at radius 3 is 1.18 bits per heavy atom. The second-order valence-electron chi connectivity index (χ2n) is 15.1. The zero-order valence-electron chi connectivity index (χ0n) is 31.0. The van der Waals surface area contributed by atoms with Crippen molar-refractivity contribution < 1.29 is 4.42 Å². The largest absolute Gasteiger partial charge is 0.455 e. The van der Waals surface area contributed by atoms with Gasteiger partial charge in [0.2, 0.25) is 0 Å². The Labute approximate surface area is 330 Å². The third-order valence-electron chi connectivity index (χ3n) is 12.0. The highest BCUT2D eigenvalue weighted by atomic mass is 16.3. The predicted octanol–water partition coefficient (Wildman–Crippen LogP) is 15.9. The van der Waals surface area contributed by atoms with E-state index in [1.165, 1.54) is 88.3 Å². The van der Waals surface area contributed by atoms with Gasteiger partial charge in [0.05, 0.1) is 0 Å². The third-order valence-corrected chi connectivity index (χ3v) is 12.0. The molecule has 12 rings (SSSR count). The topological polar surface area (TPSA) is 13.1 Å². The fourth-order valence-electron chi connectivity index (χ4n) is 9.58. The highest BCUT2D eigenvalue weighted by Gasteiger charge is 2.24. The summed E-state index contributed by atoms with van der Waals surface area (Å²) in [5.41, 5.74) is 19.0. The molecule has 0 amide bonds. The van der Waals surface area contributed by atoms with Crippen molar-refractivity contribution in [3.63, 3.8) is 0 Å². The minimum Gasteiger partial charge on any atom is -0.455 e. The number of rotatable bonds is 3. The van der Waals surface area contributed by atoms with Gasteiger partial charge in [-0.05, 0) is 112 Å². The van der Waals surface area contributed by atoms with Gasteiger partial charge in [0.1, 0.15) is 11.2 Å². The average molecular weight is 723 g/mol. The first-order valence-electron chi connectivity index (χ1n) is 19.7. The molecule has 0 radical (unpaired) electrons. The van der Waals surface area contributed by atoms with Crippen molar-refractivity contribution in [2.45, 2.75) is 0 Å². The molecule has 0 saturated carbocycles. The highest BCUT2D eigenvalue weighted by Crippen LogP contribution is 2.50. The molecule has 11 aromatic rings. The molecule has 1 heterocycles. The van der Waals surface area contributed by atoms with Gasteiger partial charge in [-0.2, -0.15) is 0 Å². The summed E-state index contributed by atoms with van der Waals surface area (Å²) in [7, 11) is 0. The number of para-hydroxylation sites is 2. The lowest BCUT2D eigenvalue weighted by atomic mass is 9.79. The van der Waals surface area contributed by atoms with Crippen LogP contribution < -0.4 is 0 Å². The maximum Gasteiger partial charge on any atom is 0.143 e. The number of furan rings is 1. The van der Waals surface area contributed by atoms with Crippen LogP contribution in [0.1, 0.15) is 0 Å². The fraction of sp³-hybridized carbons (Fsp3) is 0. The van der Waals surface area contributed by atoms with E-state index in [0.717, 1.165) is 33.1 Å². The Morgan fingerprint density at radius 1 is 0.228 bits per heavy atom. The summed E-state index contributed by atoms with van der Waals surface area (Å²) < 4.78 is 6.50. The first-order valence-corrected chi connectivity index (χ1v) is 19.7. The van der Waals surface area contributed by atoms with E-state index < -0.39 is 0 Å². The van der Waals surface area contributed by atoms with E-state index in [4.69, 9.17) is 4.42 Å². The molecule has 1 aromatic heterocycles. The average Bonchev–Trinajstić information content (AvgIpc) is 3.67. The SMILES string of the molecule is c1cc(-c2c3ccccc3c(-c3ccc4c(c3)-c3ccccc3-c3ccccc3-c3ccccc3-4)c3ccccc23)cc(-c2cccc3c2oc2ccccc23)c1. The van der Waals surface area contributed by atoms with Crippen LogP contribution in [0.15, 0.2) is 211 Å². The highest BCUT2D eigenvalue weighted by molar-refractivity contribution is 6.22. The third kappa shape index (κ3) is 4.83. The van der Waals surface area contributed by atoms with Crippen molar-refractivity contribution in [2.75, 3.05) is 0 Å². The molecule has 0 saturated heterocycles. The molecular weight excluding hydrogens is 689 g/mol. The molecule has 0 N–H and O–H groups in total. The van der Waals surface area contributed by atoms with Gasteiger partial charge in [0.25, 0.3) is 0 Å². The van der Waals surface area contributed by atoms with Crippen LogP contribution in [-0.4, -0.2) is 0 Å². The predicted molar refractivity (Wildman–Crippen MR) is 240 cm³/mol. The molecule has 0 unspecified atom stereocenters. The van der Waals surface area contributed by atoms with Crippen LogP contribution in [0.25, 0.3) is 121 Å². The summed E-state index contributed by atoms with van der Waals surface area (Å²) in [5, 5.41) is 7.22. The standard InChI is InChI=1S/C56H34O/c1-2-18-40-39(17-1)41-19-3-4-21-43(41)45-32-31-37(34-52(45)44-22-6-5-20-42(40)44)55-49-26-9-7-24-47(49)54(48-25-8-10-27-50(48)55)36-16-13-15-35(33-36)38-28-14-29-51-46-23-11-12-30-53(46)57-56(38)51/h1-34H. The van der Waals surface area contributed by atoms with Crippen LogP contribution in [0.5, 0.6) is 0 Å². The molecule has 0 bridgehead atoms.